The lowest BCUT2D eigenvalue weighted by molar-refractivity contribution is 0.0253. The maximum atomic E-state index is 13.4. The lowest BCUT2D eigenvalue weighted by Crippen LogP contribution is -2.46. The number of ether oxygens (including phenoxy) is 1. The summed E-state index contributed by atoms with van der Waals surface area (Å²) in [7, 11) is 1.72. The van der Waals surface area contributed by atoms with Crippen LogP contribution in [0.25, 0.3) is 0 Å². The Balaban J connectivity index is 1.89. The molecule has 0 bridgehead atoms. The average molecular weight is 379 g/mol. The summed E-state index contributed by atoms with van der Waals surface area (Å²) in [6.45, 7) is 8.94. The van der Waals surface area contributed by atoms with Crippen molar-refractivity contribution in [2.45, 2.75) is 46.1 Å². The monoisotopic (exact) mass is 379 g/mol. The van der Waals surface area contributed by atoms with E-state index >= 15 is 0 Å². The van der Waals surface area contributed by atoms with Crippen LogP contribution < -0.4 is 5.32 Å². The van der Waals surface area contributed by atoms with Gasteiger partial charge in [0.1, 0.15) is 11.4 Å². The molecular formula is C20H30FN3O3. The Kier molecular flexibility index (Phi) is 6.68. The first-order valence-corrected chi connectivity index (χ1v) is 9.31. The summed E-state index contributed by atoms with van der Waals surface area (Å²) in [5.41, 5.74) is 0.534. The van der Waals surface area contributed by atoms with Crippen molar-refractivity contribution in [3.63, 3.8) is 0 Å². The SMILES string of the molecule is Cc1cc(NC(=O)N2CCCC(CN(C)C(=O)OC(C)(C)C)C2)ccc1F. The summed E-state index contributed by atoms with van der Waals surface area (Å²) in [6, 6.07) is 4.31. The van der Waals surface area contributed by atoms with E-state index in [1.807, 2.05) is 20.8 Å². The van der Waals surface area contributed by atoms with Gasteiger partial charge in [0.2, 0.25) is 0 Å². The Morgan fingerprint density at radius 2 is 2.07 bits per heavy atom. The molecule has 3 amide bonds. The van der Waals surface area contributed by atoms with Crippen LogP contribution in [0.2, 0.25) is 0 Å². The van der Waals surface area contributed by atoms with Crippen molar-refractivity contribution in [3.8, 4) is 0 Å². The van der Waals surface area contributed by atoms with E-state index in [9.17, 15) is 14.0 Å². The first-order valence-electron chi connectivity index (χ1n) is 9.31. The summed E-state index contributed by atoms with van der Waals surface area (Å²) < 4.78 is 18.7. The number of rotatable bonds is 3. The van der Waals surface area contributed by atoms with E-state index in [0.717, 1.165) is 12.8 Å². The topological polar surface area (TPSA) is 61.9 Å². The zero-order valence-corrected chi connectivity index (χ0v) is 16.8. The van der Waals surface area contributed by atoms with Gasteiger partial charge in [-0.25, -0.2) is 14.0 Å². The Morgan fingerprint density at radius 3 is 2.70 bits per heavy atom. The predicted molar refractivity (Wildman–Crippen MR) is 103 cm³/mol. The molecule has 2 rings (SSSR count). The minimum Gasteiger partial charge on any atom is -0.444 e. The number of carbonyl (C=O) groups excluding carboxylic acids is 2. The number of carbonyl (C=O) groups is 2. The van der Waals surface area contributed by atoms with Gasteiger partial charge >= 0.3 is 12.1 Å². The van der Waals surface area contributed by atoms with Gasteiger partial charge in [0, 0.05) is 32.4 Å². The number of nitrogens with one attached hydrogen (secondary N) is 1. The Hall–Kier alpha value is -2.31. The van der Waals surface area contributed by atoms with Crippen molar-refractivity contribution >= 4 is 17.8 Å². The van der Waals surface area contributed by atoms with Crippen molar-refractivity contribution in [3.05, 3.63) is 29.6 Å². The van der Waals surface area contributed by atoms with Crippen LogP contribution in [0.3, 0.4) is 0 Å². The first kappa shape index (κ1) is 21.0. The number of nitrogens with zero attached hydrogens (tertiary/aromatic N) is 2. The second kappa shape index (κ2) is 8.59. The highest BCUT2D eigenvalue weighted by Crippen LogP contribution is 2.20. The second-order valence-electron chi connectivity index (χ2n) is 8.21. The maximum absolute atomic E-state index is 13.4. The van der Waals surface area contributed by atoms with Crippen LogP contribution in [0.4, 0.5) is 19.7 Å². The summed E-state index contributed by atoms with van der Waals surface area (Å²) in [5.74, 6) is -0.104. The summed E-state index contributed by atoms with van der Waals surface area (Å²) >= 11 is 0. The number of piperidine rings is 1. The lowest BCUT2D eigenvalue weighted by atomic mass is 9.98. The lowest BCUT2D eigenvalue weighted by Gasteiger charge is -2.35. The molecule has 0 aromatic heterocycles. The van der Waals surface area contributed by atoms with E-state index in [2.05, 4.69) is 5.32 Å². The number of amides is 3. The number of anilines is 1. The third-order valence-corrected chi connectivity index (χ3v) is 4.45. The number of hydrogen-bond donors (Lipinski definition) is 1. The highest BCUT2D eigenvalue weighted by Gasteiger charge is 2.27. The fourth-order valence-corrected chi connectivity index (χ4v) is 3.13. The first-order chi connectivity index (χ1) is 12.5. The fraction of sp³-hybridized carbons (Fsp3) is 0.600. The van der Waals surface area contributed by atoms with E-state index in [1.165, 1.54) is 6.07 Å². The second-order valence-corrected chi connectivity index (χ2v) is 8.21. The predicted octanol–water partition coefficient (Wildman–Crippen LogP) is 4.24. The summed E-state index contributed by atoms with van der Waals surface area (Å²) in [4.78, 5) is 28.0. The Morgan fingerprint density at radius 1 is 1.37 bits per heavy atom. The Labute approximate surface area is 160 Å². The fourth-order valence-electron chi connectivity index (χ4n) is 3.13. The Bertz CT molecular complexity index is 688. The van der Waals surface area contributed by atoms with E-state index < -0.39 is 5.60 Å². The number of urea groups is 1. The zero-order valence-electron chi connectivity index (χ0n) is 16.8. The molecule has 1 aromatic carbocycles. The van der Waals surface area contributed by atoms with Crippen molar-refractivity contribution in [2.24, 2.45) is 5.92 Å². The van der Waals surface area contributed by atoms with Crippen LogP contribution in [-0.2, 0) is 4.74 Å². The third kappa shape index (κ3) is 6.41. The van der Waals surface area contributed by atoms with Crippen molar-refractivity contribution in [1.82, 2.24) is 9.80 Å². The van der Waals surface area contributed by atoms with Crippen molar-refractivity contribution in [1.29, 1.82) is 0 Å². The van der Waals surface area contributed by atoms with Crippen molar-refractivity contribution < 1.29 is 18.7 Å². The van der Waals surface area contributed by atoms with Crippen LogP contribution in [0, 0.1) is 18.7 Å². The molecule has 0 aliphatic carbocycles. The minimum atomic E-state index is -0.531. The van der Waals surface area contributed by atoms with Crippen LogP contribution in [0.5, 0.6) is 0 Å². The van der Waals surface area contributed by atoms with Crippen LogP contribution in [0.15, 0.2) is 18.2 Å². The molecule has 0 saturated carbocycles. The normalized spacial score (nSPS) is 17.4. The average Bonchev–Trinajstić information content (AvgIpc) is 2.57. The summed E-state index contributed by atoms with van der Waals surface area (Å²) in [5, 5.41) is 2.82. The van der Waals surface area contributed by atoms with Crippen LogP contribution >= 0.6 is 0 Å². The number of halogens is 1. The van der Waals surface area contributed by atoms with E-state index in [4.69, 9.17) is 4.74 Å². The van der Waals surface area contributed by atoms with Gasteiger partial charge in [-0.1, -0.05) is 0 Å². The standard InChI is InChI=1S/C20H30FN3O3/c1-14-11-16(8-9-17(14)21)22-18(25)24-10-6-7-15(13-24)12-23(5)19(26)27-20(2,3)4/h8-9,11,15H,6-7,10,12-13H2,1-5H3,(H,22,25). The van der Waals surface area contributed by atoms with Gasteiger partial charge in [-0.2, -0.15) is 0 Å². The molecule has 1 heterocycles. The number of likely N-dealkylation sites (tertiary alicyclic amines) is 1. The van der Waals surface area contributed by atoms with Gasteiger partial charge in [-0.3, -0.25) is 0 Å². The molecule has 1 aromatic rings. The molecule has 1 atom stereocenters. The molecule has 1 N–H and O–H groups in total. The highest BCUT2D eigenvalue weighted by molar-refractivity contribution is 5.89. The molecule has 150 valence electrons. The molecule has 7 heteroatoms. The van der Waals surface area contributed by atoms with E-state index in [-0.39, 0.29) is 23.9 Å². The number of aryl methyl sites for hydroxylation is 1. The minimum absolute atomic E-state index is 0.192. The van der Waals surface area contributed by atoms with Crippen molar-refractivity contribution in [2.75, 3.05) is 32.0 Å². The quantitative estimate of drug-likeness (QED) is 0.854. The molecule has 1 fully saturated rings. The highest BCUT2D eigenvalue weighted by atomic mass is 19.1. The van der Waals surface area contributed by atoms with Crippen LogP contribution in [0.1, 0.15) is 39.2 Å². The smallest absolute Gasteiger partial charge is 0.410 e. The van der Waals surface area contributed by atoms with Gasteiger partial charge in [-0.05, 0) is 70.2 Å². The molecular weight excluding hydrogens is 349 g/mol. The van der Waals surface area contributed by atoms with Gasteiger partial charge in [0.05, 0.1) is 0 Å². The van der Waals surface area contributed by atoms with Gasteiger partial charge < -0.3 is 19.9 Å². The maximum Gasteiger partial charge on any atom is 0.410 e. The van der Waals surface area contributed by atoms with Crippen LogP contribution in [-0.4, -0.2) is 54.2 Å². The largest absolute Gasteiger partial charge is 0.444 e. The number of benzene rings is 1. The van der Waals surface area contributed by atoms with E-state index in [1.54, 1.807) is 35.9 Å². The molecule has 0 spiro atoms. The third-order valence-electron chi connectivity index (χ3n) is 4.45. The molecule has 1 aliphatic heterocycles. The molecule has 0 radical (unpaired) electrons. The molecule has 1 saturated heterocycles. The zero-order chi connectivity index (χ0) is 20.2. The molecule has 27 heavy (non-hydrogen) atoms. The van der Waals surface area contributed by atoms with Gasteiger partial charge in [0.25, 0.3) is 0 Å². The number of hydrogen-bond acceptors (Lipinski definition) is 3. The molecule has 1 unspecified atom stereocenters. The summed E-state index contributed by atoms with van der Waals surface area (Å²) in [6.07, 6.45) is 1.47. The molecule has 1 aliphatic rings. The van der Waals surface area contributed by atoms with Gasteiger partial charge in [-0.15, -0.1) is 0 Å². The van der Waals surface area contributed by atoms with E-state index in [0.29, 0.717) is 30.9 Å². The van der Waals surface area contributed by atoms with Gasteiger partial charge in [0.15, 0.2) is 0 Å². The molecule has 6 nitrogen and oxygen atoms in total.